The normalized spacial score (nSPS) is 12.8. The zero-order chi connectivity index (χ0) is 6.78. The molecular formula is C4H7F3N. The largest absolute Gasteiger partial charge is 0.405 e. The van der Waals surface area contributed by atoms with Crippen molar-refractivity contribution < 1.29 is 13.2 Å². The lowest BCUT2D eigenvalue weighted by Crippen LogP contribution is -2.21. The number of nitrogens with zero attached hydrogens (tertiary/aromatic N) is 1. The summed E-state index contributed by atoms with van der Waals surface area (Å²) >= 11 is 0. The van der Waals surface area contributed by atoms with Crippen LogP contribution < -0.4 is 0 Å². The van der Waals surface area contributed by atoms with Gasteiger partial charge in [0.1, 0.15) is 6.54 Å². The summed E-state index contributed by atoms with van der Waals surface area (Å²) in [6, 6.07) is 0. The van der Waals surface area contributed by atoms with Gasteiger partial charge in [-0.1, -0.05) is 0 Å². The van der Waals surface area contributed by atoms with Gasteiger partial charge in [-0.2, -0.15) is 13.2 Å². The molecule has 0 amide bonds. The molecule has 0 atom stereocenters. The molecule has 0 N–H and O–H groups in total. The molecule has 49 valence electrons. The fourth-order valence-corrected chi connectivity index (χ4v) is 0.293. The Balaban J connectivity index is 3.39. The van der Waals surface area contributed by atoms with E-state index in [9.17, 15) is 13.2 Å². The summed E-state index contributed by atoms with van der Waals surface area (Å²) in [5.41, 5.74) is 0. The maximum atomic E-state index is 11.2. The summed E-state index contributed by atoms with van der Waals surface area (Å²) in [7, 11) is 2.65. The molecule has 0 aliphatic heterocycles. The molecule has 0 fully saturated rings. The van der Waals surface area contributed by atoms with E-state index in [1.54, 1.807) is 0 Å². The first-order valence-corrected chi connectivity index (χ1v) is 2.01. The van der Waals surface area contributed by atoms with E-state index in [0.717, 1.165) is 4.90 Å². The molecule has 4 heteroatoms. The minimum absolute atomic E-state index is 0.188. The first-order valence-electron chi connectivity index (χ1n) is 2.01. The van der Waals surface area contributed by atoms with Crippen LogP contribution in [0.15, 0.2) is 0 Å². The van der Waals surface area contributed by atoms with Gasteiger partial charge in [0.05, 0.1) is 0 Å². The van der Waals surface area contributed by atoms with Gasteiger partial charge in [0.2, 0.25) is 0 Å². The summed E-state index contributed by atoms with van der Waals surface area (Å²) < 4.78 is 33.6. The molecule has 0 aromatic rings. The highest BCUT2D eigenvalue weighted by atomic mass is 19.4. The third-order valence-electron chi connectivity index (χ3n) is 0.405. The molecule has 0 saturated carbocycles. The van der Waals surface area contributed by atoms with Crippen LogP contribution in [0.4, 0.5) is 13.2 Å². The van der Waals surface area contributed by atoms with E-state index in [1.807, 2.05) is 0 Å². The quantitative estimate of drug-likeness (QED) is 0.511. The average Bonchev–Trinajstić information content (AvgIpc) is 1.21. The monoisotopic (exact) mass is 126 g/mol. The number of rotatable bonds is 1. The van der Waals surface area contributed by atoms with E-state index < -0.39 is 6.18 Å². The highest BCUT2D eigenvalue weighted by molar-refractivity contribution is 4.69. The predicted octanol–water partition coefficient (Wildman–Crippen LogP) is 1.27. The second-order valence-corrected chi connectivity index (χ2v) is 1.63. The summed E-state index contributed by atoms with van der Waals surface area (Å²) in [4.78, 5) is 0.958. The van der Waals surface area contributed by atoms with Crippen LogP contribution in [0, 0.1) is 6.54 Å². The van der Waals surface area contributed by atoms with Crippen LogP contribution in [0.25, 0.3) is 0 Å². The highest BCUT2D eigenvalue weighted by Gasteiger charge is 2.28. The molecular weight excluding hydrogens is 119 g/mol. The molecule has 0 rings (SSSR count). The van der Waals surface area contributed by atoms with E-state index >= 15 is 0 Å². The molecule has 0 spiro atoms. The van der Waals surface area contributed by atoms with Gasteiger partial charge >= 0.3 is 6.18 Å². The average molecular weight is 126 g/mol. The highest BCUT2D eigenvalue weighted by Crippen LogP contribution is 2.18. The van der Waals surface area contributed by atoms with Crippen LogP contribution in [0.3, 0.4) is 0 Å². The van der Waals surface area contributed by atoms with Crippen molar-refractivity contribution >= 4 is 0 Å². The molecule has 0 aromatic carbocycles. The second-order valence-electron chi connectivity index (χ2n) is 1.63. The van der Waals surface area contributed by atoms with Gasteiger partial charge in [-0.25, -0.2) is 0 Å². The number of halogens is 3. The summed E-state index contributed by atoms with van der Waals surface area (Å²) in [5.74, 6) is 0. The Kier molecular flexibility index (Phi) is 2.27. The van der Waals surface area contributed by atoms with Gasteiger partial charge in [-0.05, 0) is 14.1 Å². The van der Waals surface area contributed by atoms with E-state index in [-0.39, 0.29) is 6.54 Å². The van der Waals surface area contributed by atoms with Crippen molar-refractivity contribution in [2.45, 2.75) is 6.18 Å². The Morgan fingerprint density at radius 2 is 1.62 bits per heavy atom. The van der Waals surface area contributed by atoms with E-state index in [2.05, 4.69) is 0 Å². The van der Waals surface area contributed by atoms with Crippen molar-refractivity contribution in [3.05, 3.63) is 6.54 Å². The third-order valence-corrected chi connectivity index (χ3v) is 0.405. The molecule has 0 heterocycles. The molecule has 0 bridgehead atoms. The first kappa shape index (κ1) is 7.75. The Morgan fingerprint density at radius 3 is 1.62 bits per heavy atom. The van der Waals surface area contributed by atoms with Gasteiger partial charge in [0.15, 0.2) is 0 Å². The van der Waals surface area contributed by atoms with Crippen molar-refractivity contribution in [1.82, 2.24) is 4.90 Å². The molecule has 1 nitrogen and oxygen atoms in total. The van der Waals surface area contributed by atoms with Gasteiger partial charge in [0.25, 0.3) is 0 Å². The maximum absolute atomic E-state index is 11.2. The van der Waals surface area contributed by atoms with Crippen LogP contribution in [-0.4, -0.2) is 25.2 Å². The van der Waals surface area contributed by atoms with Crippen molar-refractivity contribution in [3.8, 4) is 0 Å². The topological polar surface area (TPSA) is 3.24 Å². The number of alkyl halides is 3. The zero-order valence-corrected chi connectivity index (χ0v) is 4.66. The smallest absolute Gasteiger partial charge is 0.297 e. The molecule has 8 heavy (non-hydrogen) atoms. The van der Waals surface area contributed by atoms with Crippen molar-refractivity contribution in [3.63, 3.8) is 0 Å². The van der Waals surface area contributed by atoms with Crippen molar-refractivity contribution in [1.29, 1.82) is 0 Å². The van der Waals surface area contributed by atoms with Gasteiger partial charge in [-0.15, -0.1) is 0 Å². The molecule has 0 aliphatic rings. The first-order chi connectivity index (χ1) is 3.42. The molecule has 0 aliphatic carbocycles. The van der Waals surface area contributed by atoms with E-state index in [0.29, 0.717) is 0 Å². The van der Waals surface area contributed by atoms with Gasteiger partial charge in [0, 0.05) is 0 Å². The van der Waals surface area contributed by atoms with Crippen LogP contribution in [0.5, 0.6) is 0 Å². The lowest BCUT2D eigenvalue weighted by Gasteiger charge is -2.10. The molecule has 0 unspecified atom stereocenters. The summed E-state index contributed by atoms with van der Waals surface area (Å²) in [5, 5.41) is 0. The lowest BCUT2D eigenvalue weighted by atomic mass is 10.6. The van der Waals surface area contributed by atoms with Gasteiger partial charge < -0.3 is 0 Å². The molecule has 1 radical (unpaired) electrons. The Labute approximate surface area is 46.1 Å². The van der Waals surface area contributed by atoms with Gasteiger partial charge in [-0.3, -0.25) is 4.90 Å². The second kappa shape index (κ2) is 2.35. The Hall–Kier alpha value is -0.250. The number of hydrogen-bond donors (Lipinski definition) is 0. The molecule has 0 saturated heterocycles. The van der Waals surface area contributed by atoms with E-state index in [1.165, 1.54) is 14.1 Å². The van der Waals surface area contributed by atoms with Crippen molar-refractivity contribution in [2.24, 2.45) is 0 Å². The fraction of sp³-hybridized carbons (Fsp3) is 0.750. The Morgan fingerprint density at radius 1 is 1.25 bits per heavy atom. The van der Waals surface area contributed by atoms with Crippen LogP contribution in [-0.2, 0) is 0 Å². The lowest BCUT2D eigenvalue weighted by molar-refractivity contribution is -0.112. The standard InChI is InChI=1S/C4H7F3N/c1-8(2)3-4(5,6)7/h3H,1-2H3. The van der Waals surface area contributed by atoms with Crippen LogP contribution in [0.1, 0.15) is 0 Å². The summed E-state index contributed by atoms with van der Waals surface area (Å²) in [6.07, 6.45) is -4.18. The minimum atomic E-state index is -4.18. The Bertz CT molecular complexity index is 66.2. The predicted molar refractivity (Wildman–Crippen MR) is 24.0 cm³/mol. The maximum Gasteiger partial charge on any atom is 0.405 e. The zero-order valence-electron chi connectivity index (χ0n) is 4.66. The van der Waals surface area contributed by atoms with Crippen molar-refractivity contribution in [2.75, 3.05) is 14.1 Å². The fourth-order valence-electron chi connectivity index (χ4n) is 0.293. The van der Waals surface area contributed by atoms with Crippen LogP contribution >= 0.6 is 0 Å². The number of hydrogen-bond acceptors (Lipinski definition) is 1. The SMILES string of the molecule is CN(C)[CH]C(F)(F)F. The molecule has 0 aromatic heterocycles. The van der Waals surface area contributed by atoms with E-state index in [4.69, 9.17) is 0 Å². The third kappa shape index (κ3) is 5.75. The minimum Gasteiger partial charge on any atom is -0.297 e. The van der Waals surface area contributed by atoms with Crippen LogP contribution in [0.2, 0.25) is 0 Å². The summed E-state index contributed by atoms with van der Waals surface area (Å²) in [6.45, 7) is 0.188.